The average Bonchev–Trinajstić information content (AvgIpc) is 3.26. The summed E-state index contributed by atoms with van der Waals surface area (Å²) in [7, 11) is 0. The zero-order valence-electron chi connectivity index (χ0n) is 37.6. The first-order valence-corrected chi connectivity index (χ1v) is 23.4. The topological polar surface area (TPSA) is 152 Å². The van der Waals surface area contributed by atoms with E-state index in [4.69, 9.17) is 18.9 Å². The molecule has 3 unspecified atom stereocenters. The van der Waals surface area contributed by atoms with Crippen LogP contribution in [0.25, 0.3) is 0 Å². The summed E-state index contributed by atoms with van der Waals surface area (Å²) in [6, 6.07) is 0. The van der Waals surface area contributed by atoms with Crippen LogP contribution >= 0.6 is 0 Å². The van der Waals surface area contributed by atoms with Gasteiger partial charge in [0.05, 0.1) is 13.2 Å². The largest absolute Gasteiger partial charge is 0.462 e. The minimum Gasteiger partial charge on any atom is -0.462 e. The van der Waals surface area contributed by atoms with Crippen molar-refractivity contribution in [3.63, 3.8) is 0 Å². The van der Waals surface area contributed by atoms with Gasteiger partial charge in [-0.1, -0.05) is 169 Å². The summed E-state index contributed by atoms with van der Waals surface area (Å²) in [6.45, 7) is 3.11. The maximum atomic E-state index is 12.7. The highest BCUT2D eigenvalue weighted by Crippen LogP contribution is 2.22. The van der Waals surface area contributed by atoms with Crippen molar-refractivity contribution in [2.24, 2.45) is 0 Å². The van der Waals surface area contributed by atoms with E-state index in [1.807, 2.05) is 36.5 Å². The Morgan fingerprint density at radius 1 is 0.525 bits per heavy atom. The Hall–Kier alpha value is -3.38. The van der Waals surface area contributed by atoms with E-state index in [0.717, 1.165) is 77.0 Å². The van der Waals surface area contributed by atoms with Crippen molar-refractivity contribution in [1.82, 2.24) is 0 Å². The van der Waals surface area contributed by atoms with Crippen molar-refractivity contribution in [1.29, 1.82) is 0 Å². The van der Waals surface area contributed by atoms with Crippen LogP contribution in [0.15, 0.2) is 97.2 Å². The van der Waals surface area contributed by atoms with Gasteiger partial charge in [0.2, 0.25) is 0 Å². The maximum Gasteiger partial charge on any atom is 0.306 e. The minimum absolute atomic E-state index is 0.177. The second-order valence-corrected chi connectivity index (χ2v) is 15.5. The Kier molecular flexibility index (Phi) is 37.1. The summed E-state index contributed by atoms with van der Waals surface area (Å²) in [4.78, 5) is 25.3. The van der Waals surface area contributed by atoms with E-state index in [1.54, 1.807) is 0 Å². The molecule has 1 rings (SSSR count). The van der Waals surface area contributed by atoms with E-state index >= 15 is 0 Å². The summed E-state index contributed by atoms with van der Waals surface area (Å²) in [5, 5.41) is 40.1. The molecule has 1 aliphatic rings. The lowest BCUT2D eigenvalue weighted by Crippen LogP contribution is -2.59. The van der Waals surface area contributed by atoms with E-state index in [2.05, 4.69) is 74.6 Å². The molecule has 6 atom stereocenters. The van der Waals surface area contributed by atoms with Crippen LogP contribution in [-0.2, 0) is 28.5 Å². The Bertz CT molecular complexity index is 1310. The number of allylic oxidation sites excluding steroid dienone is 16. The summed E-state index contributed by atoms with van der Waals surface area (Å²) in [5.74, 6) is -0.867. The first-order valence-electron chi connectivity index (χ1n) is 23.4. The predicted molar refractivity (Wildman–Crippen MR) is 247 cm³/mol. The summed E-state index contributed by atoms with van der Waals surface area (Å²) >= 11 is 0. The molecule has 0 saturated carbocycles. The van der Waals surface area contributed by atoms with Gasteiger partial charge in [-0.15, -0.1) is 0 Å². The number of unbranched alkanes of at least 4 members (excludes halogenated alkanes) is 13. The quantitative estimate of drug-likeness (QED) is 0.0206. The second-order valence-electron chi connectivity index (χ2n) is 15.5. The lowest BCUT2D eigenvalue weighted by Gasteiger charge is -2.39. The zero-order valence-corrected chi connectivity index (χ0v) is 37.6. The van der Waals surface area contributed by atoms with Crippen LogP contribution in [0.3, 0.4) is 0 Å². The Balaban J connectivity index is 2.29. The fourth-order valence-electron chi connectivity index (χ4n) is 6.42. The van der Waals surface area contributed by atoms with Crippen LogP contribution in [0.1, 0.15) is 155 Å². The Morgan fingerprint density at radius 3 is 1.59 bits per heavy atom. The molecule has 4 N–H and O–H groups in total. The van der Waals surface area contributed by atoms with Crippen molar-refractivity contribution in [3.05, 3.63) is 97.2 Å². The highest BCUT2D eigenvalue weighted by molar-refractivity contribution is 5.70. The summed E-state index contributed by atoms with van der Waals surface area (Å²) in [6.07, 6.45) is 47.1. The second kappa shape index (κ2) is 40.7. The summed E-state index contributed by atoms with van der Waals surface area (Å²) in [5.41, 5.74) is 0. The maximum absolute atomic E-state index is 12.7. The fourth-order valence-corrected chi connectivity index (χ4v) is 6.42. The van der Waals surface area contributed by atoms with Crippen LogP contribution in [0, 0.1) is 0 Å². The van der Waals surface area contributed by atoms with Crippen LogP contribution in [0.5, 0.6) is 0 Å². The molecule has 0 radical (unpaired) electrons. The fraction of sp³-hybridized carbons (Fsp3) is 0.647. The third-order valence-corrected chi connectivity index (χ3v) is 10.1. The molecule has 0 bridgehead atoms. The lowest BCUT2D eigenvalue weighted by atomic mass is 9.99. The molecule has 0 aromatic rings. The van der Waals surface area contributed by atoms with Gasteiger partial charge in [0.25, 0.3) is 0 Å². The van der Waals surface area contributed by atoms with E-state index in [0.29, 0.717) is 12.8 Å². The standard InChI is InChI=1S/C51H82O10/c1-3-5-7-9-11-13-15-17-18-19-20-21-22-23-24-25-26-28-29-31-33-35-37-39-46(53)58-42-44(43-59-51-50(57)49(56)48(55)45(41-52)61-51)60-47(54)40-38-36-34-32-30-27-16-14-12-10-8-6-4-2/h5-8,10-14,16-18,20-21,27,30,44-45,48-52,55-57H,3-4,9,15,19,22-26,28-29,31-43H2,1-2H3/b7-5+,8-6+,12-10+,13-11+,16-14+,18-17+,21-20+,30-27+/t44?,45-,48+,49?,50?,51-/m0/s1. The van der Waals surface area contributed by atoms with Crippen molar-refractivity contribution in [2.45, 2.75) is 192 Å². The van der Waals surface area contributed by atoms with Crippen LogP contribution in [0.2, 0.25) is 0 Å². The van der Waals surface area contributed by atoms with Gasteiger partial charge < -0.3 is 39.4 Å². The lowest BCUT2D eigenvalue weighted by molar-refractivity contribution is -0.305. The van der Waals surface area contributed by atoms with Gasteiger partial charge >= 0.3 is 11.9 Å². The number of rotatable bonds is 37. The van der Waals surface area contributed by atoms with Crippen LogP contribution < -0.4 is 0 Å². The molecule has 346 valence electrons. The molecule has 0 aromatic carbocycles. The first kappa shape index (κ1) is 55.6. The summed E-state index contributed by atoms with van der Waals surface area (Å²) < 4.78 is 22.1. The van der Waals surface area contributed by atoms with Gasteiger partial charge in [-0.3, -0.25) is 9.59 Å². The van der Waals surface area contributed by atoms with Gasteiger partial charge in [-0.2, -0.15) is 0 Å². The van der Waals surface area contributed by atoms with Gasteiger partial charge in [0, 0.05) is 12.8 Å². The van der Waals surface area contributed by atoms with Gasteiger partial charge in [-0.25, -0.2) is 0 Å². The Labute approximate surface area is 368 Å². The van der Waals surface area contributed by atoms with Crippen LogP contribution in [-0.4, -0.2) is 89.0 Å². The van der Waals surface area contributed by atoms with Gasteiger partial charge in [0.1, 0.15) is 31.0 Å². The first-order chi connectivity index (χ1) is 29.8. The molecular formula is C51H82O10. The SMILES string of the molecule is CC/C=C/C=C/C=C/C=C/CCCCCC(=O)OC(COC(=O)CCCCCCCCCCCC/C=C/C/C=C/C/C=C/C/C=C/CC)CO[C@H]1O[C@@H](CO)[C@@H](O)C(O)C1O. The van der Waals surface area contributed by atoms with Crippen molar-refractivity contribution in [2.75, 3.05) is 19.8 Å². The zero-order chi connectivity index (χ0) is 44.4. The Morgan fingerprint density at radius 2 is 1.00 bits per heavy atom. The van der Waals surface area contributed by atoms with E-state index in [9.17, 15) is 30.0 Å². The van der Waals surface area contributed by atoms with Crippen LogP contribution in [0.4, 0.5) is 0 Å². The molecular weight excluding hydrogens is 773 g/mol. The average molecular weight is 855 g/mol. The molecule has 0 spiro atoms. The molecule has 1 saturated heterocycles. The monoisotopic (exact) mass is 855 g/mol. The van der Waals surface area contributed by atoms with E-state index in [-0.39, 0.29) is 26.1 Å². The number of hydrogen-bond acceptors (Lipinski definition) is 10. The number of ether oxygens (including phenoxy) is 4. The van der Waals surface area contributed by atoms with Crippen molar-refractivity contribution < 1.29 is 49.0 Å². The smallest absolute Gasteiger partial charge is 0.306 e. The minimum atomic E-state index is -1.61. The molecule has 0 amide bonds. The number of carbonyl (C=O) groups excluding carboxylic acids is 2. The molecule has 61 heavy (non-hydrogen) atoms. The molecule has 0 aliphatic carbocycles. The third-order valence-electron chi connectivity index (χ3n) is 10.1. The highest BCUT2D eigenvalue weighted by atomic mass is 16.7. The number of carbonyl (C=O) groups is 2. The number of hydrogen-bond donors (Lipinski definition) is 4. The number of esters is 2. The highest BCUT2D eigenvalue weighted by Gasteiger charge is 2.44. The molecule has 0 aromatic heterocycles. The molecule has 10 nitrogen and oxygen atoms in total. The number of aliphatic hydroxyl groups excluding tert-OH is 4. The predicted octanol–water partition coefficient (Wildman–Crippen LogP) is 10.3. The van der Waals surface area contributed by atoms with E-state index < -0.39 is 55.4 Å². The molecule has 1 aliphatic heterocycles. The number of aliphatic hydroxyl groups is 4. The van der Waals surface area contributed by atoms with Gasteiger partial charge in [-0.05, 0) is 70.6 Å². The van der Waals surface area contributed by atoms with Crippen molar-refractivity contribution in [3.8, 4) is 0 Å². The normalized spacial score (nSPS) is 20.7. The third kappa shape index (κ3) is 32.0. The molecule has 10 heteroatoms. The molecule has 1 heterocycles. The van der Waals surface area contributed by atoms with Crippen molar-refractivity contribution >= 4 is 11.9 Å². The van der Waals surface area contributed by atoms with E-state index in [1.165, 1.54) is 38.5 Å². The molecule has 1 fully saturated rings. The van der Waals surface area contributed by atoms with Gasteiger partial charge in [0.15, 0.2) is 12.4 Å².